The Bertz CT molecular complexity index is 1970. The van der Waals surface area contributed by atoms with Crippen LogP contribution in [-0.4, -0.2) is 64.4 Å². The molecular formula is C37H45N7O4S. The Morgan fingerprint density at radius 2 is 1.73 bits per heavy atom. The van der Waals surface area contributed by atoms with Gasteiger partial charge in [-0.1, -0.05) is 45.0 Å². The number of hydrogen-bond donors (Lipinski definition) is 1. The lowest BCUT2D eigenvalue weighted by atomic mass is 9.87. The molecule has 12 heteroatoms. The standard InChI is InChI=1S/C37H45N7O4S/c1-23-11-8-12-24(2)34(23)30-18-33-41-36(40-30)42-49(46,47)29-15-9-14-27(17-29)35(45)44(28(22-48-33)19-37(5,6)7)21-31-26(4)38-20-32(39-31)43-16-10-13-25(43)3/h8-9,11-12,14-15,17-18,20,25,28H,10,13,16,19,21-22H2,1-7H3,(H,40,41,42)/t25-,28-/m1/s1. The number of carbonyl (C=O) groups is 1. The average molecular weight is 684 g/mol. The van der Waals surface area contributed by atoms with E-state index in [0.717, 1.165) is 47.6 Å². The summed E-state index contributed by atoms with van der Waals surface area (Å²) in [5, 5.41) is 0. The summed E-state index contributed by atoms with van der Waals surface area (Å²) < 4.78 is 36.4. The van der Waals surface area contributed by atoms with Crippen LogP contribution in [0.2, 0.25) is 0 Å². The summed E-state index contributed by atoms with van der Waals surface area (Å²) in [6.45, 7) is 15.6. The average Bonchev–Trinajstić information content (AvgIpc) is 3.47. The van der Waals surface area contributed by atoms with E-state index in [-0.39, 0.29) is 46.8 Å². The molecule has 2 aromatic carbocycles. The highest BCUT2D eigenvalue weighted by molar-refractivity contribution is 7.92. The lowest BCUT2D eigenvalue weighted by Crippen LogP contribution is -2.45. The van der Waals surface area contributed by atoms with Gasteiger partial charge in [0, 0.05) is 29.8 Å². The molecule has 0 unspecified atom stereocenters. The number of nitrogens with one attached hydrogen (secondary N) is 1. The number of sulfonamides is 1. The first-order valence-corrected chi connectivity index (χ1v) is 18.3. The minimum absolute atomic E-state index is 0.0746. The monoisotopic (exact) mass is 683 g/mol. The molecule has 4 bridgehead atoms. The highest BCUT2D eigenvalue weighted by Crippen LogP contribution is 2.32. The predicted molar refractivity (Wildman–Crippen MR) is 190 cm³/mol. The normalized spacial score (nSPS) is 19.4. The predicted octanol–water partition coefficient (Wildman–Crippen LogP) is 6.49. The maximum absolute atomic E-state index is 14.6. The fourth-order valence-electron chi connectivity index (χ4n) is 6.75. The first kappa shape index (κ1) is 34.3. The second-order valence-electron chi connectivity index (χ2n) is 14.4. The second-order valence-corrected chi connectivity index (χ2v) is 16.1. The highest BCUT2D eigenvalue weighted by Gasteiger charge is 2.33. The molecule has 4 heterocycles. The summed E-state index contributed by atoms with van der Waals surface area (Å²) in [6, 6.07) is 13.7. The molecule has 2 aliphatic heterocycles. The Hall–Kier alpha value is -4.58. The van der Waals surface area contributed by atoms with Gasteiger partial charge in [0.15, 0.2) is 0 Å². The molecule has 1 amide bonds. The highest BCUT2D eigenvalue weighted by atomic mass is 32.2. The minimum Gasteiger partial charge on any atom is -0.475 e. The van der Waals surface area contributed by atoms with Crippen LogP contribution in [0, 0.1) is 26.2 Å². The SMILES string of the molecule is Cc1cccc(C)c1-c1cc2nc(n1)NS(=O)(=O)c1cccc(c1)C(=O)N(Cc1nc(N3CCC[C@H]3C)cnc1C)[C@H](CC(C)(C)C)CO2. The van der Waals surface area contributed by atoms with Gasteiger partial charge in [0.1, 0.15) is 12.4 Å². The third kappa shape index (κ3) is 7.54. The molecule has 4 aromatic rings. The molecule has 1 fully saturated rings. The summed E-state index contributed by atoms with van der Waals surface area (Å²) in [5.41, 5.74) is 4.80. The third-order valence-electron chi connectivity index (χ3n) is 9.24. The maximum atomic E-state index is 14.6. The number of aromatic nitrogens is 4. The molecule has 0 saturated carbocycles. The van der Waals surface area contributed by atoms with Gasteiger partial charge in [0.05, 0.1) is 40.8 Å². The van der Waals surface area contributed by atoms with Crippen molar-refractivity contribution in [1.29, 1.82) is 0 Å². The van der Waals surface area contributed by atoms with Crippen LogP contribution < -0.4 is 14.4 Å². The number of nitrogens with zero attached hydrogens (tertiary/aromatic N) is 6. The zero-order valence-electron chi connectivity index (χ0n) is 29.3. The Balaban J connectivity index is 1.49. The zero-order chi connectivity index (χ0) is 35.1. The van der Waals surface area contributed by atoms with Gasteiger partial charge in [0.2, 0.25) is 11.8 Å². The Labute approximate surface area is 289 Å². The maximum Gasteiger partial charge on any atom is 0.264 e. The number of carbonyl (C=O) groups excluding carboxylic acids is 1. The van der Waals surface area contributed by atoms with Crippen LogP contribution in [0.5, 0.6) is 5.88 Å². The van der Waals surface area contributed by atoms with Crippen molar-refractivity contribution < 1.29 is 17.9 Å². The van der Waals surface area contributed by atoms with Crippen LogP contribution in [0.15, 0.2) is 59.6 Å². The largest absolute Gasteiger partial charge is 0.475 e. The van der Waals surface area contributed by atoms with E-state index in [4.69, 9.17) is 14.7 Å². The van der Waals surface area contributed by atoms with Crippen molar-refractivity contribution in [3.8, 4) is 17.1 Å². The molecule has 1 N–H and O–H groups in total. The van der Waals surface area contributed by atoms with Crippen molar-refractivity contribution in [1.82, 2.24) is 24.8 Å². The summed E-state index contributed by atoms with van der Waals surface area (Å²) in [4.78, 5) is 37.4. The minimum atomic E-state index is -4.18. The van der Waals surface area contributed by atoms with E-state index in [9.17, 15) is 13.2 Å². The second kappa shape index (κ2) is 13.4. The fraction of sp³-hybridized carbons (Fsp3) is 0.432. The molecule has 0 radical (unpaired) electrons. The van der Waals surface area contributed by atoms with Gasteiger partial charge in [-0.15, -0.1) is 0 Å². The van der Waals surface area contributed by atoms with Gasteiger partial charge in [-0.05, 0) is 81.7 Å². The Morgan fingerprint density at radius 1 is 1.00 bits per heavy atom. The molecule has 2 aromatic heterocycles. The van der Waals surface area contributed by atoms with Crippen molar-refractivity contribution in [2.24, 2.45) is 5.41 Å². The molecule has 0 aliphatic carbocycles. The molecule has 0 spiro atoms. The number of fused-ring (bicyclic) bond motifs is 4. The molecule has 6 rings (SSSR count). The lowest BCUT2D eigenvalue weighted by Gasteiger charge is -2.36. The van der Waals surface area contributed by atoms with Crippen LogP contribution in [0.25, 0.3) is 11.3 Å². The number of aryl methyl sites for hydroxylation is 3. The van der Waals surface area contributed by atoms with Gasteiger partial charge in [-0.2, -0.15) is 4.98 Å². The summed E-state index contributed by atoms with van der Waals surface area (Å²) >= 11 is 0. The smallest absolute Gasteiger partial charge is 0.264 e. The topological polar surface area (TPSA) is 131 Å². The van der Waals surface area contributed by atoms with Crippen LogP contribution in [-0.2, 0) is 16.6 Å². The van der Waals surface area contributed by atoms with Gasteiger partial charge >= 0.3 is 0 Å². The van der Waals surface area contributed by atoms with E-state index in [1.807, 2.05) is 39.0 Å². The van der Waals surface area contributed by atoms with E-state index in [2.05, 4.69) is 47.3 Å². The number of benzene rings is 2. The fourth-order valence-corrected chi connectivity index (χ4v) is 7.74. The molecule has 1 saturated heterocycles. The first-order valence-electron chi connectivity index (χ1n) is 16.8. The van der Waals surface area contributed by atoms with E-state index in [1.54, 1.807) is 29.3 Å². The molecular weight excluding hydrogens is 639 g/mol. The molecule has 11 nitrogen and oxygen atoms in total. The summed E-state index contributed by atoms with van der Waals surface area (Å²) in [5.74, 6) is 0.543. The van der Waals surface area contributed by atoms with E-state index in [1.165, 1.54) is 12.1 Å². The van der Waals surface area contributed by atoms with Crippen LogP contribution in [0.4, 0.5) is 11.8 Å². The quantitative estimate of drug-likeness (QED) is 0.251. The third-order valence-corrected chi connectivity index (χ3v) is 10.6. The van der Waals surface area contributed by atoms with Crippen molar-refractivity contribution in [3.63, 3.8) is 0 Å². The van der Waals surface area contributed by atoms with Crippen molar-refractivity contribution in [2.75, 3.05) is 22.8 Å². The van der Waals surface area contributed by atoms with Crippen LogP contribution in [0.3, 0.4) is 0 Å². The number of ether oxygens (including phenoxy) is 1. The van der Waals surface area contributed by atoms with E-state index < -0.39 is 16.1 Å². The van der Waals surface area contributed by atoms with Crippen LogP contribution in [0.1, 0.15) is 79.8 Å². The lowest BCUT2D eigenvalue weighted by molar-refractivity contribution is 0.0508. The van der Waals surface area contributed by atoms with Gasteiger partial charge < -0.3 is 14.5 Å². The van der Waals surface area contributed by atoms with E-state index >= 15 is 0 Å². The van der Waals surface area contributed by atoms with Gasteiger partial charge in [-0.25, -0.2) is 23.1 Å². The number of hydrogen-bond acceptors (Lipinski definition) is 9. The van der Waals surface area contributed by atoms with Gasteiger partial charge in [0.25, 0.3) is 15.9 Å². The van der Waals surface area contributed by atoms with Crippen LogP contribution >= 0.6 is 0 Å². The van der Waals surface area contributed by atoms with Crippen molar-refractivity contribution in [2.45, 2.75) is 91.3 Å². The molecule has 49 heavy (non-hydrogen) atoms. The van der Waals surface area contributed by atoms with Crippen molar-refractivity contribution >= 4 is 27.7 Å². The number of amides is 1. The summed E-state index contributed by atoms with van der Waals surface area (Å²) in [6.07, 6.45) is 4.57. The molecule has 2 aliphatic rings. The zero-order valence-corrected chi connectivity index (χ0v) is 30.1. The molecule has 258 valence electrons. The Morgan fingerprint density at radius 3 is 2.43 bits per heavy atom. The first-order chi connectivity index (χ1) is 23.2. The van der Waals surface area contributed by atoms with E-state index in [0.29, 0.717) is 23.9 Å². The number of anilines is 2. The Kier molecular flexibility index (Phi) is 9.36. The summed E-state index contributed by atoms with van der Waals surface area (Å²) in [7, 11) is -4.18. The molecule has 2 atom stereocenters. The number of rotatable bonds is 5. The van der Waals surface area contributed by atoms with Crippen molar-refractivity contribution in [3.05, 3.63) is 82.8 Å². The van der Waals surface area contributed by atoms with Gasteiger partial charge in [-0.3, -0.25) is 9.78 Å².